The van der Waals surface area contributed by atoms with Crippen LogP contribution < -0.4 is 10.6 Å². The van der Waals surface area contributed by atoms with Gasteiger partial charge in [0.1, 0.15) is 0 Å². The van der Waals surface area contributed by atoms with Crippen molar-refractivity contribution in [2.45, 2.75) is 26.3 Å². The number of nitrogens with one attached hydrogen (secondary N) is 3. The van der Waals surface area contributed by atoms with Crippen molar-refractivity contribution < 1.29 is 4.79 Å². The molecular weight excluding hydrogens is 304 g/mol. The lowest BCUT2D eigenvalue weighted by molar-refractivity contribution is 0.249. The van der Waals surface area contributed by atoms with E-state index in [0.29, 0.717) is 12.1 Å². The maximum Gasteiger partial charge on any atom is 0.319 e. The Labute approximate surface area is 140 Å². The average Bonchev–Trinajstić information content (AvgIpc) is 3.17. The minimum atomic E-state index is -0.262. The lowest BCUT2D eigenvalue weighted by Gasteiger charge is -2.12. The zero-order valence-electron chi connectivity index (χ0n) is 13.7. The van der Waals surface area contributed by atoms with Gasteiger partial charge in [0.25, 0.3) is 0 Å². The first kappa shape index (κ1) is 15.8. The molecule has 0 fully saturated rings. The zero-order valence-corrected chi connectivity index (χ0v) is 13.7. The minimum absolute atomic E-state index is 0.0307. The Morgan fingerprint density at radius 1 is 1.33 bits per heavy atom. The summed E-state index contributed by atoms with van der Waals surface area (Å²) < 4.78 is 1.71. The second-order valence-electron chi connectivity index (χ2n) is 5.76. The number of amides is 2. The predicted octanol–water partition coefficient (Wildman–Crippen LogP) is 2.66. The Kier molecular flexibility index (Phi) is 4.60. The molecule has 24 heavy (non-hydrogen) atoms. The van der Waals surface area contributed by atoms with Gasteiger partial charge in [-0.25, -0.2) is 9.48 Å². The minimum Gasteiger partial charge on any atom is -0.335 e. The van der Waals surface area contributed by atoms with Crippen molar-refractivity contribution in [3.8, 4) is 5.69 Å². The molecule has 0 aliphatic rings. The van der Waals surface area contributed by atoms with E-state index in [1.54, 1.807) is 17.1 Å². The quantitative estimate of drug-likeness (QED) is 0.674. The molecule has 0 saturated carbocycles. The third-order valence-corrected chi connectivity index (χ3v) is 3.51. The van der Waals surface area contributed by atoms with Crippen LogP contribution in [0.3, 0.4) is 0 Å². The van der Waals surface area contributed by atoms with Crippen LogP contribution in [0.15, 0.2) is 48.8 Å². The number of para-hydroxylation sites is 1. The molecule has 0 saturated heterocycles. The zero-order chi connectivity index (χ0) is 16.9. The molecule has 1 aromatic carbocycles. The van der Waals surface area contributed by atoms with Crippen molar-refractivity contribution >= 4 is 11.7 Å². The highest BCUT2D eigenvalue weighted by Gasteiger charge is 2.11. The highest BCUT2D eigenvalue weighted by Crippen LogP contribution is 2.11. The van der Waals surface area contributed by atoms with Crippen molar-refractivity contribution in [1.82, 2.24) is 25.3 Å². The van der Waals surface area contributed by atoms with E-state index in [1.165, 1.54) is 0 Å². The van der Waals surface area contributed by atoms with Crippen LogP contribution in [-0.4, -0.2) is 32.1 Å². The molecular formula is C17H20N6O. The molecule has 1 unspecified atom stereocenters. The second-order valence-corrected chi connectivity index (χ2v) is 5.76. The number of carbonyl (C=O) groups is 1. The average molecular weight is 324 g/mol. The van der Waals surface area contributed by atoms with E-state index in [4.69, 9.17) is 0 Å². The Hall–Kier alpha value is -3.09. The molecule has 0 aliphatic carbocycles. The fraction of sp³-hybridized carbons (Fsp3) is 0.235. The van der Waals surface area contributed by atoms with Crippen molar-refractivity contribution in [2.24, 2.45) is 0 Å². The summed E-state index contributed by atoms with van der Waals surface area (Å²) in [4.78, 5) is 12.1. The molecule has 0 bridgehead atoms. The van der Waals surface area contributed by atoms with Gasteiger partial charge in [-0.15, -0.1) is 0 Å². The van der Waals surface area contributed by atoms with Gasteiger partial charge in [-0.05, 0) is 32.0 Å². The Morgan fingerprint density at radius 3 is 2.83 bits per heavy atom. The summed E-state index contributed by atoms with van der Waals surface area (Å²) in [5, 5.41) is 17.0. The van der Waals surface area contributed by atoms with Crippen LogP contribution in [0.1, 0.15) is 18.3 Å². The molecule has 0 aliphatic heterocycles. The Balaban J connectivity index is 1.54. The van der Waals surface area contributed by atoms with Gasteiger partial charge in [-0.1, -0.05) is 18.2 Å². The molecule has 3 rings (SSSR count). The summed E-state index contributed by atoms with van der Waals surface area (Å²) in [5.74, 6) is 0. The number of H-pyrrole nitrogens is 1. The number of aromatic amines is 1. The van der Waals surface area contributed by atoms with Crippen molar-refractivity contribution in [1.29, 1.82) is 0 Å². The highest BCUT2D eigenvalue weighted by molar-refractivity contribution is 5.89. The lowest BCUT2D eigenvalue weighted by atomic mass is 10.2. The first-order chi connectivity index (χ1) is 11.6. The number of hydrogen-bond acceptors (Lipinski definition) is 3. The standard InChI is InChI=1S/C17H20N6O/c1-12(8-14-9-13(2)21-22-14)19-17(24)20-15-10-18-23(11-15)16-6-4-3-5-7-16/h3-7,9-12H,8H2,1-2H3,(H,21,22)(H2,19,20,24). The molecule has 7 nitrogen and oxygen atoms in total. The topological polar surface area (TPSA) is 87.6 Å². The van der Waals surface area contributed by atoms with Gasteiger partial charge in [0.2, 0.25) is 0 Å². The summed E-state index contributed by atoms with van der Waals surface area (Å²) in [6, 6.07) is 11.4. The third-order valence-electron chi connectivity index (χ3n) is 3.51. The number of carbonyl (C=O) groups excluding carboxylic acids is 1. The predicted molar refractivity (Wildman–Crippen MR) is 92.2 cm³/mol. The largest absolute Gasteiger partial charge is 0.335 e. The van der Waals surface area contributed by atoms with Crippen LogP contribution in [0, 0.1) is 6.92 Å². The second kappa shape index (κ2) is 6.99. The monoisotopic (exact) mass is 324 g/mol. The van der Waals surface area contributed by atoms with Crippen molar-refractivity contribution in [2.75, 3.05) is 5.32 Å². The fourth-order valence-electron chi connectivity index (χ4n) is 2.44. The van der Waals surface area contributed by atoms with Crippen LogP contribution in [0.5, 0.6) is 0 Å². The first-order valence-electron chi connectivity index (χ1n) is 7.78. The van der Waals surface area contributed by atoms with Crippen LogP contribution in [-0.2, 0) is 6.42 Å². The van der Waals surface area contributed by atoms with E-state index in [2.05, 4.69) is 25.9 Å². The summed E-state index contributed by atoms with van der Waals surface area (Å²) in [6.45, 7) is 3.89. The molecule has 124 valence electrons. The lowest BCUT2D eigenvalue weighted by Crippen LogP contribution is -2.37. The molecule has 2 aromatic heterocycles. The number of rotatable bonds is 5. The number of benzene rings is 1. The van der Waals surface area contributed by atoms with E-state index in [1.807, 2.05) is 50.2 Å². The van der Waals surface area contributed by atoms with Crippen molar-refractivity contribution in [3.63, 3.8) is 0 Å². The van der Waals surface area contributed by atoms with Gasteiger partial charge in [-0.2, -0.15) is 10.2 Å². The molecule has 7 heteroatoms. The maximum atomic E-state index is 12.1. The molecule has 0 radical (unpaired) electrons. The Bertz CT molecular complexity index is 807. The molecule has 3 N–H and O–H groups in total. The van der Waals surface area contributed by atoms with Crippen LogP contribution in [0.25, 0.3) is 5.69 Å². The van der Waals surface area contributed by atoms with E-state index in [9.17, 15) is 4.79 Å². The summed E-state index contributed by atoms with van der Waals surface area (Å²) >= 11 is 0. The number of aromatic nitrogens is 4. The fourth-order valence-corrected chi connectivity index (χ4v) is 2.44. The molecule has 0 spiro atoms. The highest BCUT2D eigenvalue weighted by atomic mass is 16.2. The summed E-state index contributed by atoms with van der Waals surface area (Å²) in [6.07, 6.45) is 4.06. The molecule has 2 amide bonds. The van der Waals surface area contributed by atoms with Gasteiger partial charge in [-0.3, -0.25) is 5.10 Å². The number of hydrogen-bond donors (Lipinski definition) is 3. The summed E-state index contributed by atoms with van der Waals surface area (Å²) in [5.41, 5.74) is 3.51. The normalized spacial score (nSPS) is 11.9. The smallest absolute Gasteiger partial charge is 0.319 e. The van der Waals surface area contributed by atoms with Gasteiger partial charge >= 0.3 is 6.03 Å². The number of anilines is 1. The van der Waals surface area contributed by atoms with E-state index in [0.717, 1.165) is 17.1 Å². The maximum absolute atomic E-state index is 12.1. The van der Waals surface area contributed by atoms with Gasteiger partial charge in [0.05, 0.1) is 29.5 Å². The van der Waals surface area contributed by atoms with E-state index < -0.39 is 0 Å². The van der Waals surface area contributed by atoms with E-state index >= 15 is 0 Å². The summed E-state index contributed by atoms with van der Waals surface area (Å²) in [7, 11) is 0. The van der Waals surface area contributed by atoms with Crippen LogP contribution in [0.2, 0.25) is 0 Å². The first-order valence-corrected chi connectivity index (χ1v) is 7.78. The number of aryl methyl sites for hydroxylation is 1. The third kappa shape index (κ3) is 4.01. The van der Waals surface area contributed by atoms with E-state index in [-0.39, 0.29) is 12.1 Å². The van der Waals surface area contributed by atoms with Crippen molar-refractivity contribution in [3.05, 3.63) is 60.2 Å². The molecule has 1 atom stereocenters. The number of nitrogens with zero attached hydrogens (tertiary/aromatic N) is 3. The molecule has 3 aromatic rings. The SMILES string of the molecule is Cc1cc(CC(C)NC(=O)Nc2cnn(-c3ccccc3)c2)n[nH]1. The van der Waals surface area contributed by atoms with Gasteiger partial charge < -0.3 is 10.6 Å². The molecule has 2 heterocycles. The van der Waals surface area contributed by atoms with Crippen LogP contribution >= 0.6 is 0 Å². The van der Waals surface area contributed by atoms with Crippen LogP contribution in [0.4, 0.5) is 10.5 Å². The van der Waals surface area contributed by atoms with Gasteiger partial charge in [0, 0.05) is 18.2 Å². The van der Waals surface area contributed by atoms with Gasteiger partial charge in [0.15, 0.2) is 0 Å². The Morgan fingerprint density at radius 2 is 2.12 bits per heavy atom. The number of urea groups is 1.